The van der Waals surface area contributed by atoms with E-state index in [1.165, 1.54) is 12.4 Å². The van der Waals surface area contributed by atoms with Gasteiger partial charge in [0, 0.05) is 18.9 Å². The predicted octanol–water partition coefficient (Wildman–Crippen LogP) is 0.634. The Hall–Kier alpha value is -2.09. The molecular weight excluding hydrogens is 194 g/mol. The van der Waals surface area contributed by atoms with Crippen LogP contribution in [0, 0.1) is 12.3 Å². The summed E-state index contributed by atoms with van der Waals surface area (Å²) in [6, 6.07) is 0. The Morgan fingerprint density at radius 2 is 2.27 bits per heavy atom. The number of rotatable bonds is 4. The number of carboxylic acid groups (broad SMARTS) is 1. The van der Waals surface area contributed by atoms with Gasteiger partial charge < -0.3 is 10.0 Å². The molecule has 0 aliphatic heterocycles. The Morgan fingerprint density at radius 3 is 2.80 bits per heavy atom. The molecule has 0 amide bonds. The summed E-state index contributed by atoms with van der Waals surface area (Å²) >= 11 is 0. The lowest BCUT2D eigenvalue weighted by atomic mass is 10.3. The van der Waals surface area contributed by atoms with Gasteiger partial charge in [-0.2, -0.15) is 0 Å². The third-order valence-corrected chi connectivity index (χ3v) is 1.84. The minimum absolute atomic E-state index is 0.0744. The van der Waals surface area contributed by atoms with Crippen molar-refractivity contribution in [3.05, 3.63) is 18.1 Å². The Bertz CT molecular complexity index is 398. The number of terminal acetylenes is 1. The number of carboxylic acids is 1. The summed E-state index contributed by atoms with van der Waals surface area (Å²) in [6.45, 7) is 2.77. The van der Waals surface area contributed by atoms with Crippen LogP contribution in [0.15, 0.2) is 12.4 Å². The number of nitrogens with zero attached hydrogens (tertiary/aromatic N) is 3. The summed E-state index contributed by atoms with van der Waals surface area (Å²) in [5.74, 6) is 1.66. The SMILES string of the molecule is C#CCN(CC)c1nccnc1C(=O)O. The quantitative estimate of drug-likeness (QED) is 0.730. The summed E-state index contributed by atoms with van der Waals surface area (Å²) in [7, 11) is 0. The second-order valence-electron chi connectivity index (χ2n) is 2.75. The van der Waals surface area contributed by atoms with Crippen LogP contribution in [0.5, 0.6) is 0 Å². The molecule has 0 aliphatic rings. The maximum Gasteiger partial charge on any atom is 0.358 e. The van der Waals surface area contributed by atoms with Crippen LogP contribution in [0.25, 0.3) is 0 Å². The van der Waals surface area contributed by atoms with Crippen molar-refractivity contribution in [2.45, 2.75) is 6.92 Å². The summed E-state index contributed by atoms with van der Waals surface area (Å²) in [5.41, 5.74) is -0.0744. The van der Waals surface area contributed by atoms with Gasteiger partial charge in [0.2, 0.25) is 0 Å². The second kappa shape index (κ2) is 4.96. The van der Waals surface area contributed by atoms with Crippen LogP contribution in [-0.4, -0.2) is 34.1 Å². The fraction of sp³-hybridized carbons (Fsp3) is 0.300. The second-order valence-corrected chi connectivity index (χ2v) is 2.75. The average Bonchev–Trinajstić information content (AvgIpc) is 2.26. The molecular formula is C10H11N3O2. The molecule has 1 aromatic rings. The van der Waals surface area contributed by atoms with Gasteiger partial charge in [0.1, 0.15) is 0 Å². The van der Waals surface area contributed by atoms with Crippen LogP contribution in [0.4, 0.5) is 5.82 Å². The van der Waals surface area contributed by atoms with Crippen molar-refractivity contribution < 1.29 is 9.90 Å². The van der Waals surface area contributed by atoms with Crippen molar-refractivity contribution in [1.82, 2.24) is 9.97 Å². The first-order valence-electron chi connectivity index (χ1n) is 4.43. The number of hydrogen-bond acceptors (Lipinski definition) is 4. The average molecular weight is 205 g/mol. The van der Waals surface area contributed by atoms with E-state index in [0.29, 0.717) is 18.9 Å². The molecule has 5 nitrogen and oxygen atoms in total. The van der Waals surface area contributed by atoms with Gasteiger partial charge in [-0.3, -0.25) is 0 Å². The molecule has 0 bridgehead atoms. The van der Waals surface area contributed by atoms with E-state index in [0.717, 1.165) is 0 Å². The molecule has 15 heavy (non-hydrogen) atoms. The lowest BCUT2D eigenvalue weighted by molar-refractivity contribution is 0.0691. The first kappa shape index (κ1) is 11.0. The molecule has 0 spiro atoms. The zero-order valence-corrected chi connectivity index (χ0v) is 8.34. The molecule has 0 radical (unpaired) electrons. The van der Waals surface area contributed by atoms with Gasteiger partial charge >= 0.3 is 5.97 Å². The molecule has 1 N–H and O–H groups in total. The van der Waals surface area contributed by atoms with E-state index in [2.05, 4.69) is 15.9 Å². The van der Waals surface area contributed by atoms with Gasteiger partial charge in [-0.1, -0.05) is 5.92 Å². The highest BCUT2D eigenvalue weighted by Gasteiger charge is 2.16. The minimum Gasteiger partial charge on any atom is -0.476 e. The van der Waals surface area contributed by atoms with Gasteiger partial charge in [0.15, 0.2) is 11.5 Å². The van der Waals surface area contributed by atoms with E-state index < -0.39 is 5.97 Å². The van der Waals surface area contributed by atoms with Crippen molar-refractivity contribution >= 4 is 11.8 Å². The molecule has 1 rings (SSSR count). The molecule has 0 unspecified atom stereocenters. The largest absolute Gasteiger partial charge is 0.476 e. The lowest BCUT2D eigenvalue weighted by Crippen LogP contribution is -2.26. The monoisotopic (exact) mass is 205 g/mol. The van der Waals surface area contributed by atoms with Crippen LogP contribution < -0.4 is 4.90 Å². The van der Waals surface area contributed by atoms with Crippen LogP contribution >= 0.6 is 0 Å². The zero-order chi connectivity index (χ0) is 11.3. The van der Waals surface area contributed by atoms with Crippen molar-refractivity contribution in [2.24, 2.45) is 0 Å². The molecule has 1 aromatic heterocycles. The van der Waals surface area contributed by atoms with Crippen LogP contribution in [-0.2, 0) is 0 Å². The summed E-state index contributed by atoms with van der Waals surface area (Å²) < 4.78 is 0. The van der Waals surface area contributed by atoms with Gasteiger partial charge in [-0.15, -0.1) is 6.42 Å². The van der Waals surface area contributed by atoms with E-state index in [-0.39, 0.29) is 5.69 Å². The molecule has 0 aliphatic carbocycles. The van der Waals surface area contributed by atoms with E-state index in [4.69, 9.17) is 11.5 Å². The molecule has 0 aromatic carbocycles. The Kier molecular flexibility index (Phi) is 3.63. The van der Waals surface area contributed by atoms with Crippen molar-refractivity contribution in [3.63, 3.8) is 0 Å². The van der Waals surface area contributed by atoms with E-state index in [1.807, 2.05) is 6.92 Å². The highest BCUT2D eigenvalue weighted by molar-refractivity contribution is 5.90. The maximum atomic E-state index is 10.9. The van der Waals surface area contributed by atoms with Crippen LogP contribution in [0.2, 0.25) is 0 Å². The van der Waals surface area contributed by atoms with Crippen LogP contribution in [0.3, 0.4) is 0 Å². The summed E-state index contributed by atoms with van der Waals surface area (Å²) in [4.78, 5) is 20.3. The van der Waals surface area contributed by atoms with Crippen molar-refractivity contribution in [1.29, 1.82) is 0 Å². The van der Waals surface area contributed by atoms with Gasteiger partial charge in [0.05, 0.1) is 6.54 Å². The first-order chi connectivity index (χ1) is 7.20. The Morgan fingerprint density at radius 1 is 1.60 bits per heavy atom. The van der Waals surface area contributed by atoms with E-state index in [9.17, 15) is 4.79 Å². The number of hydrogen-bond donors (Lipinski definition) is 1. The fourth-order valence-electron chi connectivity index (χ4n) is 1.16. The fourth-order valence-corrected chi connectivity index (χ4v) is 1.16. The standard InChI is InChI=1S/C10H11N3O2/c1-3-7-13(4-2)9-8(10(14)15)11-5-6-12-9/h1,5-6H,4,7H2,2H3,(H,14,15). The number of aromatic nitrogens is 2. The molecule has 0 saturated carbocycles. The first-order valence-corrected chi connectivity index (χ1v) is 4.43. The number of aromatic carboxylic acids is 1. The Labute approximate surface area is 87.8 Å². The molecule has 5 heteroatoms. The maximum absolute atomic E-state index is 10.9. The van der Waals surface area contributed by atoms with E-state index >= 15 is 0 Å². The highest BCUT2D eigenvalue weighted by Crippen LogP contribution is 2.13. The van der Waals surface area contributed by atoms with Gasteiger partial charge in [0.25, 0.3) is 0 Å². The lowest BCUT2D eigenvalue weighted by Gasteiger charge is -2.19. The molecule has 0 fully saturated rings. The number of carbonyl (C=O) groups is 1. The molecule has 1 heterocycles. The van der Waals surface area contributed by atoms with Crippen molar-refractivity contribution in [3.8, 4) is 12.3 Å². The number of anilines is 1. The molecule has 78 valence electrons. The van der Waals surface area contributed by atoms with E-state index in [1.54, 1.807) is 4.90 Å². The smallest absolute Gasteiger partial charge is 0.358 e. The zero-order valence-electron chi connectivity index (χ0n) is 8.34. The Balaban J connectivity index is 3.11. The highest BCUT2D eigenvalue weighted by atomic mass is 16.4. The normalized spacial score (nSPS) is 9.33. The summed E-state index contributed by atoms with van der Waals surface area (Å²) in [6.07, 6.45) is 7.97. The third kappa shape index (κ3) is 2.44. The topological polar surface area (TPSA) is 66.3 Å². The van der Waals surface area contributed by atoms with Crippen molar-refractivity contribution in [2.75, 3.05) is 18.0 Å². The third-order valence-electron chi connectivity index (χ3n) is 1.84. The van der Waals surface area contributed by atoms with Gasteiger partial charge in [-0.05, 0) is 6.92 Å². The molecule has 0 atom stereocenters. The minimum atomic E-state index is -1.10. The summed E-state index contributed by atoms with van der Waals surface area (Å²) in [5, 5.41) is 8.90. The predicted molar refractivity (Wildman–Crippen MR) is 55.7 cm³/mol. The van der Waals surface area contributed by atoms with Crippen LogP contribution in [0.1, 0.15) is 17.4 Å². The molecule has 0 saturated heterocycles. The van der Waals surface area contributed by atoms with Gasteiger partial charge in [-0.25, -0.2) is 14.8 Å².